The van der Waals surface area contributed by atoms with Gasteiger partial charge in [-0.05, 0) is 5.56 Å². The van der Waals surface area contributed by atoms with Crippen LogP contribution < -0.4 is 0 Å². The Morgan fingerprint density at radius 3 is 2.54 bits per heavy atom. The van der Waals surface area contributed by atoms with Gasteiger partial charge in [0.15, 0.2) is 0 Å². The number of alkyl halides is 1. The van der Waals surface area contributed by atoms with E-state index in [2.05, 4.69) is 26.8 Å². The quantitative estimate of drug-likeness (QED) is 0.439. The van der Waals surface area contributed by atoms with Crippen LogP contribution in [0.5, 0.6) is 0 Å². The Morgan fingerprint density at radius 1 is 1.46 bits per heavy atom. The molecule has 0 heterocycles. The molecule has 0 aromatic heterocycles. The first kappa shape index (κ1) is 9.77. The third kappa shape index (κ3) is 2.57. The summed E-state index contributed by atoms with van der Waals surface area (Å²) in [6.45, 7) is 6.81. The highest BCUT2D eigenvalue weighted by Crippen LogP contribution is 2.23. The van der Waals surface area contributed by atoms with Gasteiger partial charge in [0, 0.05) is 21.5 Å². The lowest BCUT2D eigenvalue weighted by Gasteiger charge is -1.98. The maximum absolute atomic E-state index is 8.44. The Hall–Kier alpha value is -1.32. The highest BCUT2D eigenvalue weighted by molar-refractivity contribution is 9.09. The number of rotatable bonds is 2. The van der Waals surface area contributed by atoms with Crippen LogP contribution in [0, 0.1) is 17.9 Å². The molecule has 0 spiro atoms. The number of benzene rings is 1. The highest BCUT2D eigenvalue weighted by atomic mass is 79.9. The molecule has 0 saturated carbocycles. The summed E-state index contributed by atoms with van der Waals surface area (Å²) in [7, 11) is 0. The van der Waals surface area contributed by atoms with Gasteiger partial charge in [-0.25, -0.2) is 6.57 Å². The van der Waals surface area contributed by atoms with Crippen LogP contribution in [-0.2, 0) is 6.42 Å². The third-order valence-electron chi connectivity index (χ3n) is 1.65. The van der Waals surface area contributed by atoms with Crippen molar-refractivity contribution in [1.29, 1.82) is 5.26 Å². The van der Waals surface area contributed by atoms with E-state index in [4.69, 9.17) is 11.8 Å². The predicted octanol–water partition coefficient (Wildman–Crippen LogP) is 3.07. The summed E-state index contributed by atoms with van der Waals surface area (Å²) in [4.78, 5) is 3.06. The van der Waals surface area contributed by atoms with Gasteiger partial charge in [-0.2, -0.15) is 5.26 Å². The summed E-state index contributed by atoms with van der Waals surface area (Å²) < 4.78 is 0. The smallest absolute Gasteiger partial charge is 0.296 e. The molecular weight excluding hydrogens is 228 g/mol. The Labute approximate surface area is 85.8 Å². The van der Waals surface area contributed by atoms with Crippen molar-refractivity contribution < 1.29 is 0 Å². The number of hydrogen-bond donors (Lipinski definition) is 0. The lowest BCUT2D eigenvalue weighted by molar-refractivity contribution is 1.21. The van der Waals surface area contributed by atoms with E-state index in [1.54, 1.807) is 0 Å². The fourth-order valence-electron chi connectivity index (χ4n) is 0.960. The molecule has 64 valence electrons. The van der Waals surface area contributed by atoms with E-state index in [0.29, 0.717) is 6.42 Å². The molecule has 3 heteroatoms. The molecule has 0 fully saturated rings. The van der Waals surface area contributed by atoms with Crippen molar-refractivity contribution in [2.45, 2.75) is 11.4 Å². The first-order chi connectivity index (χ1) is 6.27. The topological polar surface area (TPSA) is 28.1 Å². The van der Waals surface area contributed by atoms with E-state index in [9.17, 15) is 0 Å². The summed E-state index contributed by atoms with van der Waals surface area (Å²) in [5.74, 6) is 0. The van der Waals surface area contributed by atoms with E-state index in [1.807, 2.05) is 24.3 Å². The molecule has 0 saturated heterocycles. The Bertz CT molecular complexity index is 356. The van der Waals surface area contributed by atoms with Crippen molar-refractivity contribution in [3.8, 4) is 6.07 Å². The fraction of sp³-hybridized carbons (Fsp3) is 0.200. The van der Waals surface area contributed by atoms with E-state index in [0.717, 1.165) is 11.1 Å². The van der Waals surface area contributed by atoms with Crippen LogP contribution >= 0.6 is 15.9 Å². The maximum Gasteiger partial charge on any atom is 0.301 e. The second kappa shape index (κ2) is 4.64. The van der Waals surface area contributed by atoms with Crippen LogP contribution in [0.1, 0.15) is 16.1 Å². The van der Waals surface area contributed by atoms with Crippen molar-refractivity contribution in [3.63, 3.8) is 0 Å². The normalized spacial score (nSPS) is 11.3. The Morgan fingerprint density at radius 2 is 2.08 bits per heavy atom. The first-order valence-corrected chi connectivity index (χ1v) is 4.66. The third-order valence-corrected chi connectivity index (χ3v) is 2.38. The van der Waals surface area contributed by atoms with Gasteiger partial charge in [0.05, 0.1) is 12.5 Å². The molecule has 0 aliphatic rings. The van der Waals surface area contributed by atoms with E-state index in [-0.39, 0.29) is 4.95 Å². The standard InChI is InChI=1S/C10H7BrN2/c1-13-10(11)9-4-2-8(3-5-9)6-7-12/h2-5,10H,6H2. The van der Waals surface area contributed by atoms with E-state index >= 15 is 0 Å². The number of halogens is 1. The largest absolute Gasteiger partial charge is 0.301 e. The van der Waals surface area contributed by atoms with Crippen molar-refractivity contribution in [1.82, 2.24) is 0 Å². The molecule has 0 aliphatic carbocycles. The zero-order valence-electron chi connectivity index (χ0n) is 6.87. The molecule has 0 radical (unpaired) electrons. The summed E-state index contributed by atoms with van der Waals surface area (Å²) in [5.41, 5.74) is 1.91. The average Bonchev–Trinajstić information content (AvgIpc) is 2.18. The van der Waals surface area contributed by atoms with E-state index in [1.165, 1.54) is 0 Å². The monoisotopic (exact) mass is 234 g/mol. The number of nitriles is 1. The molecule has 0 amide bonds. The molecule has 0 aliphatic heterocycles. The van der Waals surface area contributed by atoms with Gasteiger partial charge in [-0.1, -0.05) is 24.3 Å². The number of nitrogens with zero attached hydrogens (tertiary/aromatic N) is 2. The molecule has 13 heavy (non-hydrogen) atoms. The zero-order valence-corrected chi connectivity index (χ0v) is 8.45. The maximum atomic E-state index is 8.44. The second-order valence-corrected chi connectivity index (χ2v) is 3.41. The van der Waals surface area contributed by atoms with Crippen molar-refractivity contribution in [2.75, 3.05) is 0 Å². The van der Waals surface area contributed by atoms with Crippen molar-refractivity contribution >= 4 is 15.9 Å². The van der Waals surface area contributed by atoms with Gasteiger partial charge in [-0.15, -0.1) is 0 Å². The summed E-state index contributed by atoms with van der Waals surface area (Å²) in [6.07, 6.45) is 0.422. The van der Waals surface area contributed by atoms with E-state index < -0.39 is 0 Å². The van der Waals surface area contributed by atoms with Crippen LogP contribution in [0.25, 0.3) is 4.85 Å². The van der Waals surface area contributed by atoms with Crippen molar-refractivity contribution in [2.24, 2.45) is 0 Å². The molecule has 1 unspecified atom stereocenters. The van der Waals surface area contributed by atoms with Crippen LogP contribution in [0.2, 0.25) is 0 Å². The summed E-state index contributed by atoms with van der Waals surface area (Å²) in [6, 6.07) is 9.55. The molecule has 1 atom stereocenters. The molecule has 1 aromatic rings. The zero-order chi connectivity index (χ0) is 9.68. The lowest BCUT2D eigenvalue weighted by atomic mass is 10.1. The minimum absolute atomic E-state index is 0.274. The SMILES string of the molecule is [C-]#[N+]C(Br)c1ccc(CC#N)cc1. The molecule has 1 rings (SSSR count). The second-order valence-electron chi connectivity index (χ2n) is 2.54. The van der Waals surface area contributed by atoms with Gasteiger partial charge in [0.2, 0.25) is 0 Å². The van der Waals surface area contributed by atoms with Gasteiger partial charge in [0.25, 0.3) is 0 Å². The molecule has 2 nitrogen and oxygen atoms in total. The van der Waals surface area contributed by atoms with Crippen molar-refractivity contribution in [3.05, 3.63) is 46.8 Å². The average molecular weight is 235 g/mol. The van der Waals surface area contributed by atoms with Crippen LogP contribution in [-0.4, -0.2) is 0 Å². The molecule has 0 bridgehead atoms. The van der Waals surface area contributed by atoms with Crippen LogP contribution in [0.4, 0.5) is 0 Å². The minimum atomic E-state index is -0.274. The molecule has 0 N–H and O–H groups in total. The minimum Gasteiger partial charge on any atom is -0.296 e. The lowest BCUT2D eigenvalue weighted by Crippen LogP contribution is -1.85. The molecular formula is C10H7BrN2. The van der Waals surface area contributed by atoms with Gasteiger partial charge >= 0.3 is 4.95 Å². The summed E-state index contributed by atoms with van der Waals surface area (Å²) >= 11 is 3.23. The number of hydrogen-bond acceptors (Lipinski definition) is 1. The van der Waals surface area contributed by atoms with Gasteiger partial charge in [-0.3, -0.25) is 4.85 Å². The van der Waals surface area contributed by atoms with Gasteiger partial charge in [0.1, 0.15) is 0 Å². The fourth-order valence-corrected chi connectivity index (χ4v) is 1.27. The Balaban J connectivity index is 2.83. The highest BCUT2D eigenvalue weighted by Gasteiger charge is 2.08. The van der Waals surface area contributed by atoms with Crippen LogP contribution in [0.3, 0.4) is 0 Å². The summed E-state index contributed by atoms with van der Waals surface area (Å²) in [5, 5.41) is 8.44. The van der Waals surface area contributed by atoms with Gasteiger partial charge < -0.3 is 0 Å². The predicted molar refractivity (Wildman–Crippen MR) is 54.0 cm³/mol. The molecule has 1 aromatic carbocycles. The Kier molecular flexibility index (Phi) is 3.49. The first-order valence-electron chi connectivity index (χ1n) is 3.74. The van der Waals surface area contributed by atoms with Crippen LogP contribution in [0.15, 0.2) is 24.3 Å².